The number of hydrogen-bond donors (Lipinski definition) is 1. The predicted octanol–water partition coefficient (Wildman–Crippen LogP) is 1.71. The van der Waals surface area contributed by atoms with Gasteiger partial charge in [-0.15, -0.1) is 0 Å². The molecule has 166 valence electrons. The molecule has 1 aromatic carbocycles. The quantitative estimate of drug-likeness (QED) is 0.758. The number of amides is 1. The molecular weight excluding hydrogens is 416 g/mol. The van der Waals surface area contributed by atoms with Gasteiger partial charge < -0.3 is 14.6 Å². The number of aromatic nitrogens is 2. The first-order valence-electron chi connectivity index (χ1n) is 10.8. The van der Waals surface area contributed by atoms with Gasteiger partial charge in [-0.1, -0.05) is 12.1 Å². The van der Waals surface area contributed by atoms with E-state index in [0.29, 0.717) is 26.2 Å². The normalized spacial score (nSPS) is 25.2. The van der Waals surface area contributed by atoms with Gasteiger partial charge in [0, 0.05) is 51.6 Å². The average molecular weight is 445 g/mol. The highest BCUT2D eigenvalue weighted by molar-refractivity contribution is 7.89. The maximum atomic E-state index is 12.9. The molecule has 1 atom stereocenters. The number of fused-ring (bicyclic) bond motifs is 1. The lowest BCUT2D eigenvalue weighted by Crippen LogP contribution is -2.62. The molecule has 3 aliphatic rings. The second kappa shape index (κ2) is 7.43. The molecule has 1 N–H and O–H groups in total. The van der Waals surface area contributed by atoms with E-state index in [-0.39, 0.29) is 16.4 Å². The predicted molar refractivity (Wildman–Crippen MR) is 114 cm³/mol. The topological polar surface area (TPSA) is 93.5 Å². The molecule has 0 radical (unpaired) electrons. The third-order valence-electron chi connectivity index (χ3n) is 6.90. The zero-order valence-electron chi connectivity index (χ0n) is 17.7. The third-order valence-corrected chi connectivity index (χ3v) is 8.70. The minimum absolute atomic E-state index is 0.00555. The lowest BCUT2D eigenvalue weighted by molar-refractivity contribution is -0.132. The number of nitrogens with one attached hydrogen (secondary N) is 1. The Kier molecular flexibility index (Phi) is 4.95. The Hall–Kier alpha value is -2.23. The van der Waals surface area contributed by atoms with Crippen LogP contribution in [0.15, 0.2) is 41.6 Å². The van der Waals surface area contributed by atoms with E-state index in [2.05, 4.69) is 10.3 Å². The van der Waals surface area contributed by atoms with Crippen LogP contribution in [-0.2, 0) is 39.1 Å². The molecule has 2 fully saturated rings. The molecule has 1 aromatic heterocycles. The first-order chi connectivity index (χ1) is 14.8. The van der Waals surface area contributed by atoms with E-state index in [4.69, 9.17) is 4.74 Å². The molecule has 5 rings (SSSR count). The molecule has 0 bridgehead atoms. The van der Waals surface area contributed by atoms with Crippen LogP contribution in [0, 0.1) is 5.41 Å². The van der Waals surface area contributed by atoms with Crippen molar-refractivity contribution in [1.29, 1.82) is 0 Å². The molecule has 0 saturated carbocycles. The van der Waals surface area contributed by atoms with Crippen LogP contribution in [0.2, 0.25) is 0 Å². The van der Waals surface area contributed by atoms with E-state index in [1.54, 1.807) is 30.5 Å². The lowest BCUT2D eigenvalue weighted by Gasteiger charge is -2.45. The van der Waals surface area contributed by atoms with Gasteiger partial charge in [0.15, 0.2) is 0 Å². The number of benzene rings is 1. The molecule has 8 nitrogen and oxygen atoms in total. The number of carbonyl (C=O) groups is 1. The summed E-state index contributed by atoms with van der Waals surface area (Å²) in [6.07, 6.45) is 7.16. The number of ether oxygens (including phenoxy) is 1. The average Bonchev–Trinajstić information content (AvgIpc) is 3.40. The standard InChI is InChI=1S/C22H28N4O4S/c1-21(9-7-19-23-10-11-25(19)14-21)20(27)24-13-17-3-5-18(6-4-17)31(28,29)26-15-22(16-26)8-2-12-30-22/h3-6,10-11H,2,7-9,12-16H2,1H3,(H,24,27). The first kappa shape index (κ1) is 20.7. The third kappa shape index (κ3) is 3.68. The summed E-state index contributed by atoms with van der Waals surface area (Å²) >= 11 is 0. The first-order valence-corrected chi connectivity index (χ1v) is 12.3. The summed E-state index contributed by atoms with van der Waals surface area (Å²) in [5.41, 5.74) is 0.130. The molecule has 1 unspecified atom stereocenters. The highest BCUT2D eigenvalue weighted by atomic mass is 32.2. The van der Waals surface area contributed by atoms with Crippen LogP contribution in [0.5, 0.6) is 0 Å². The van der Waals surface area contributed by atoms with Gasteiger partial charge >= 0.3 is 0 Å². The van der Waals surface area contributed by atoms with Crippen LogP contribution in [-0.4, -0.2) is 53.5 Å². The Balaban J connectivity index is 1.19. The Morgan fingerprint density at radius 3 is 2.68 bits per heavy atom. The van der Waals surface area contributed by atoms with Gasteiger partial charge in [0.25, 0.3) is 0 Å². The van der Waals surface area contributed by atoms with Gasteiger partial charge in [-0.05, 0) is 43.9 Å². The Labute approximate surface area is 182 Å². The fourth-order valence-corrected chi connectivity index (χ4v) is 6.42. The summed E-state index contributed by atoms with van der Waals surface area (Å²) in [6, 6.07) is 6.78. The van der Waals surface area contributed by atoms with Crippen molar-refractivity contribution in [2.45, 2.75) is 56.2 Å². The van der Waals surface area contributed by atoms with E-state index in [1.807, 2.05) is 17.7 Å². The molecule has 3 aliphatic heterocycles. The van der Waals surface area contributed by atoms with Crippen LogP contribution in [0.1, 0.15) is 37.6 Å². The van der Waals surface area contributed by atoms with Crippen LogP contribution in [0.3, 0.4) is 0 Å². The van der Waals surface area contributed by atoms with Crippen molar-refractivity contribution in [2.24, 2.45) is 5.41 Å². The maximum absolute atomic E-state index is 12.9. The Morgan fingerprint density at radius 2 is 1.97 bits per heavy atom. The van der Waals surface area contributed by atoms with Crippen molar-refractivity contribution in [3.63, 3.8) is 0 Å². The van der Waals surface area contributed by atoms with Gasteiger partial charge in [-0.2, -0.15) is 4.31 Å². The van der Waals surface area contributed by atoms with Gasteiger partial charge in [-0.3, -0.25) is 4.79 Å². The zero-order valence-corrected chi connectivity index (χ0v) is 18.5. The minimum atomic E-state index is -3.51. The van der Waals surface area contributed by atoms with Crippen LogP contribution >= 0.6 is 0 Å². The fraction of sp³-hybridized carbons (Fsp3) is 0.545. The molecule has 1 amide bonds. The van der Waals surface area contributed by atoms with Crippen LogP contribution in [0.4, 0.5) is 0 Å². The molecule has 2 aromatic rings. The van der Waals surface area contributed by atoms with Crippen LogP contribution < -0.4 is 5.32 Å². The summed E-state index contributed by atoms with van der Waals surface area (Å²) in [5, 5.41) is 3.02. The monoisotopic (exact) mass is 444 g/mol. The minimum Gasteiger partial charge on any atom is -0.372 e. The van der Waals surface area contributed by atoms with Crippen molar-refractivity contribution >= 4 is 15.9 Å². The maximum Gasteiger partial charge on any atom is 0.243 e. The zero-order chi connectivity index (χ0) is 21.7. The number of imidazole rings is 1. The molecule has 31 heavy (non-hydrogen) atoms. The van der Waals surface area contributed by atoms with Crippen molar-refractivity contribution < 1.29 is 17.9 Å². The smallest absolute Gasteiger partial charge is 0.243 e. The second-order valence-corrected chi connectivity index (χ2v) is 11.2. The number of sulfonamides is 1. The molecule has 9 heteroatoms. The van der Waals surface area contributed by atoms with E-state index in [9.17, 15) is 13.2 Å². The van der Waals surface area contributed by atoms with Crippen molar-refractivity contribution in [3.8, 4) is 0 Å². The number of carbonyl (C=O) groups excluding carboxylic acids is 1. The summed E-state index contributed by atoms with van der Waals surface area (Å²) in [5.74, 6) is 1.03. The van der Waals surface area contributed by atoms with Gasteiger partial charge in [0.05, 0.1) is 15.9 Å². The molecule has 2 saturated heterocycles. The Morgan fingerprint density at radius 1 is 1.19 bits per heavy atom. The van der Waals surface area contributed by atoms with Crippen molar-refractivity contribution in [2.75, 3.05) is 19.7 Å². The van der Waals surface area contributed by atoms with E-state index in [0.717, 1.165) is 43.7 Å². The molecule has 0 aliphatic carbocycles. The van der Waals surface area contributed by atoms with E-state index in [1.165, 1.54) is 4.31 Å². The lowest BCUT2D eigenvalue weighted by atomic mass is 9.82. The van der Waals surface area contributed by atoms with E-state index < -0.39 is 15.4 Å². The van der Waals surface area contributed by atoms with Crippen molar-refractivity contribution in [1.82, 2.24) is 19.2 Å². The summed E-state index contributed by atoms with van der Waals surface area (Å²) < 4.78 is 35.0. The largest absolute Gasteiger partial charge is 0.372 e. The van der Waals surface area contributed by atoms with Crippen LogP contribution in [0.25, 0.3) is 0 Å². The summed E-state index contributed by atoms with van der Waals surface area (Å²) in [7, 11) is -3.51. The molecule has 1 spiro atoms. The number of hydrogen-bond acceptors (Lipinski definition) is 5. The summed E-state index contributed by atoms with van der Waals surface area (Å²) in [6.45, 7) is 4.55. The fourth-order valence-electron chi connectivity index (χ4n) is 4.84. The van der Waals surface area contributed by atoms with Crippen molar-refractivity contribution in [3.05, 3.63) is 48.0 Å². The summed E-state index contributed by atoms with van der Waals surface area (Å²) in [4.78, 5) is 17.4. The number of rotatable bonds is 5. The van der Waals surface area contributed by atoms with Gasteiger partial charge in [0.2, 0.25) is 15.9 Å². The molecular formula is C22H28N4O4S. The Bertz CT molecular complexity index is 1080. The SMILES string of the molecule is CC1(C(=O)NCc2ccc(S(=O)(=O)N3CC4(CCCO4)C3)cc2)CCc2nccn2C1. The highest BCUT2D eigenvalue weighted by Gasteiger charge is 2.51. The second-order valence-electron chi connectivity index (χ2n) is 9.27. The van der Waals surface area contributed by atoms with Gasteiger partial charge in [-0.25, -0.2) is 13.4 Å². The van der Waals surface area contributed by atoms with Gasteiger partial charge in [0.1, 0.15) is 5.82 Å². The highest BCUT2D eigenvalue weighted by Crippen LogP contribution is 2.38. The number of aryl methyl sites for hydroxylation is 1. The van der Waals surface area contributed by atoms with E-state index >= 15 is 0 Å². The number of nitrogens with zero attached hydrogens (tertiary/aromatic N) is 3. The molecule has 4 heterocycles.